The molecule has 1 heterocycles. The number of hydrogen-bond acceptors (Lipinski definition) is 8. The van der Waals surface area contributed by atoms with Gasteiger partial charge in [-0.3, -0.25) is 14.2 Å². The van der Waals surface area contributed by atoms with Crippen LogP contribution in [-0.4, -0.2) is 71.5 Å². The molecule has 4 aromatic carbocycles. The van der Waals surface area contributed by atoms with Crippen molar-refractivity contribution >= 4 is 40.9 Å². The third-order valence-electron chi connectivity index (χ3n) is 9.68. The monoisotopic (exact) mass is 772 g/mol. The summed E-state index contributed by atoms with van der Waals surface area (Å²) in [5.41, 5.74) is 5.37. The van der Waals surface area contributed by atoms with Gasteiger partial charge in [-0.05, 0) is 74.1 Å². The van der Waals surface area contributed by atoms with Crippen LogP contribution in [0.5, 0.6) is 0 Å². The third kappa shape index (κ3) is 9.69. The summed E-state index contributed by atoms with van der Waals surface area (Å²) in [5, 5.41) is 8.81. The van der Waals surface area contributed by atoms with Gasteiger partial charge >= 0.3 is 18.2 Å². The minimum Gasteiger partial charge on any atom is -0.464 e. The van der Waals surface area contributed by atoms with Crippen LogP contribution >= 0.6 is 0 Å². The fraction of sp³-hybridized carbons (Fsp3) is 0.311. The van der Waals surface area contributed by atoms with Gasteiger partial charge in [0.25, 0.3) is 0 Å². The van der Waals surface area contributed by atoms with Gasteiger partial charge in [-0.25, -0.2) is 14.4 Å². The Morgan fingerprint density at radius 2 is 1.32 bits per heavy atom. The standard InChI is InChI=1S/C45H48N4O8/c1-6-55-42(52)38(24-29-16-8-7-9-17-29)47-40(50)28(2)46-41(51)37(25-30-26-49(44(54)57-45(3,4)5)39-23-15-14-18-31(30)39)48-43(53)56-27-36-34-21-12-10-19-32(34)33-20-11-13-22-35(33)36/h7-23,26,28,36-38H,6,24-25,27H2,1-5H3,(H,46,51)(H,47,50)(H,48,53)/t28-,37-,38-/m0/s1. The number of rotatable bonds is 13. The zero-order valence-corrected chi connectivity index (χ0v) is 32.7. The molecule has 0 spiro atoms. The van der Waals surface area contributed by atoms with Crippen molar-refractivity contribution in [2.24, 2.45) is 0 Å². The number of esters is 1. The fourth-order valence-corrected chi connectivity index (χ4v) is 7.05. The van der Waals surface area contributed by atoms with E-state index in [0.29, 0.717) is 16.5 Å². The number of para-hydroxylation sites is 1. The number of alkyl carbamates (subject to hydrolysis) is 1. The molecule has 0 saturated heterocycles. The number of aromatic nitrogens is 1. The highest BCUT2D eigenvalue weighted by Gasteiger charge is 2.32. The van der Waals surface area contributed by atoms with Crippen LogP contribution < -0.4 is 16.0 Å². The average Bonchev–Trinajstić information content (AvgIpc) is 3.72. The van der Waals surface area contributed by atoms with E-state index in [2.05, 4.69) is 16.0 Å². The molecule has 0 aliphatic heterocycles. The van der Waals surface area contributed by atoms with Gasteiger partial charge in [-0.2, -0.15) is 0 Å². The van der Waals surface area contributed by atoms with E-state index in [1.54, 1.807) is 52.1 Å². The Kier molecular flexibility index (Phi) is 12.4. The summed E-state index contributed by atoms with van der Waals surface area (Å²) in [6, 6.07) is 28.9. The zero-order valence-electron chi connectivity index (χ0n) is 32.7. The molecule has 3 N–H and O–H groups in total. The largest absolute Gasteiger partial charge is 0.464 e. The molecule has 1 aromatic heterocycles. The molecule has 3 atom stereocenters. The van der Waals surface area contributed by atoms with Gasteiger partial charge in [-0.1, -0.05) is 97.1 Å². The molecule has 12 heteroatoms. The number of fused-ring (bicyclic) bond motifs is 4. The van der Waals surface area contributed by atoms with Gasteiger partial charge in [-0.15, -0.1) is 0 Å². The van der Waals surface area contributed by atoms with Crippen LogP contribution in [0.25, 0.3) is 22.0 Å². The smallest absolute Gasteiger partial charge is 0.419 e. The minimum atomic E-state index is -1.25. The lowest BCUT2D eigenvalue weighted by Crippen LogP contribution is -2.55. The lowest BCUT2D eigenvalue weighted by Gasteiger charge is -2.23. The number of nitrogens with zero attached hydrogens (tertiary/aromatic N) is 1. The van der Waals surface area contributed by atoms with Gasteiger partial charge in [0.15, 0.2) is 0 Å². The molecule has 296 valence electrons. The third-order valence-corrected chi connectivity index (χ3v) is 9.68. The molecular formula is C45H48N4O8. The molecule has 6 rings (SSSR count). The van der Waals surface area contributed by atoms with Crippen molar-refractivity contribution in [1.82, 2.24) is 20.5 Å². The summed E-state index contributed by atoms with van der Waals surface area (Å²) in [5.74, 6) is -2.13. The van der Waals surface area contributed by atoms with Crippen molar-refractivity contribution in [1.29, 1.82) is 0 Å². The molecule has 0 saturated carbocycles. The number of benzene rings is 4. The van der Waals surface area contributed by atoms with E-state index in [-0.39, 0.29) is 32.0 Å². The molecular weight excluding hydrogens is 725 g/mol. The Hall–Kier alpha value is -6.43. The van der Waals surface area contributed by atoms with E-state index in [1.807, 2.05) is 84.9 Å². The maximum absolute atomic E-state index is 14.1. The SMILES string of the molecule is CCOC(=O)[C@H](Cc1ccccc1)NC(=O)[C@H](C)NC(=O)[C@H](Cc1cn(C(=O)OC(C)(C)C)c2ccccc12)NC(=O)OCC1c2ccccc2-c2ccccc21. The van der Waals surface area contributed by atoms with Gasteiger partial charge < -0.3 is 30.2 Å². The van der Waals surface area contributed by atoms with Crippen molar-refractivity contribution < 1.29 is 38.2 Å². The highest BCUT2D eigenvalue weighted by atomic mass is 16.6. The maximum Gasteiger partial charge on any atom is 0.419 e. The molecule has 1 aliphatic carbocycles. The Balaban J connectivity index is 1.22. The lowest BCUT2D eigenvalue weighted by molar-refractivity contribution is -0.147. The Morgan fingerprint density at radius 3 is 1.96 bits per heavy atom. The second-order valence-electron chi connectivity index (χ2n) is 15.0. The highest BCUT2D eigenvalue weighted by molar-refractivity contribution is 5.95. The number of ether oxygens (including phenoxy) is 3. The molecule has 0 bridgehead atoms. The van der Waals surface area contributed by atoms with E-state index >= 15 is 0 Å². The summed E-state index contributed by atoms with van der Waals surface area (Å²) < 4.78 is 18.1. The Morgan fingerprint density at radius 1 is 0.702 bits per heavy atom. The Bertz CT molecular complexity index is 2210. The van der Waals surface area contributed by atoms with Gasteiger partial charge in [0.05, 0.1) is 12.1 Å². The second-order valence-corrected chi connectivity index (χ2v) is 15.0. The van der Waals surface area contributed by atoms with Crippen molar-refractivity contribution in [2.45, 2.75) is 77.1 Å². The number of nitrogens with one attached hydrogen (secondary N) is 3. The lowest BCUT2D eigenvalue weighted by atomic mass is 9.98. The molecule has 1 aliphatic rings. The molecule has 0 fully saturated rings. The minimum absolute atomic E-state index is 0.0155. The van der Waals surface area contributed by atoms with Gasteiger partial charge in [0.1, 0.15) is 30.3 Å². The zero-order chi connectivity index (χ0) is 40.7. The van der Waals surface area contributed by atoms with Crippen molar-refractivity contribution in [3.05, 3.63) is 132 Å². The molecule has 0 unspecified atom stereocenters. The topological polar surface area (TPSA) is 154 Å². The predicted octanol–water partition coefficient (Wildman–Crippen LogP) is 6.67. The van der Waals surface area contributed by atoms with Gasteiger partial charge in [0, 0.05) is 30.3 Å². The summed E-state index contributed by atoms with van der Waals surface area (Å²) in [6.07, 6.45) is 0.254. The Labute approximate surface area is 331 Å². The van der Waals surface area contributed by atoms with Crippen molar-refractivity contribution in [3.63, 3.8) is 0 Å². The fourth-order valence-electron chi connectivity index (χ4n) is 7.05. The van der Waals surface area contributed by atoms with Crippen LogP contribution in [0, 0.1) is 0 Å². The molecule has 57 heavy (non-hydrogen) atoms. The number of carbonyl (C=O) groups is 5. The normalized spacial score (nSPS) is 13.7. The highest BCUT2D eigenvalue weighted by Crippen LogP contribution is 2.44. The van der Waals surface area contributed by atoms with E-state index in [1.165, 1.54) is 11.5 Å². The predicted molar refractivity (Wildman–Crippen MR) is 216 cm³/mol. The van der Waals surface area contributed by atoms with Crippen LogP contribution in [-0.2, 0) is 41.4 Å². The first-order valence-electron chi connectivity index (χ1n) is 19.1. The quantitative estimate of drug-likeness (QED) is 0.0887. The van der Waals surface area contributed by atoms with Crippen LogP contribution in [0.2, 0.25) is 0 Å². The van der Waals surface area contributed by atoms with Crippen molar-refractivity contribution in [3.8, 4) is 11.1 Å². The maximum atomic E-state index is 14.1. The summed E-state index contributed by atoms with van der Waals surface area (Å²) in [7, 11) is 0. The number of hydrogen-bond donors (Lipinski definition) is 3. The number of amides is 3. The van der Waals surface area contributed by atoms with Crippen LogP contribution in [0.15, 0.2) is 109 Å². The van der Waals surface area contributed by atoms with E-state index in [9.17, 15) is 24.0 Å². The molecule has 12 nitrogen and oxygen atoms in total. The first-order valence-corrected chi connectivity index (χ1v) is 19.1. The first-order chi connectivity index (χ1) is 27.3. The summed E-state index contributed by atoms with van der Waals surface area (Å²) in [6.45, 7) is 8.60. The van der Waals surface area contributed by atoms with E-state index in [4.69, 9.17) is 14.2 Å². The first kappa shape index (κ1) is 40.2. The van der Waals surface area contributed by atoms with E-state index < -0.39 is 53.7 Å². The number of carbonyl (C=O) groups excluding carboxylic acids is 5. The van der Waals surface area contributed by atoms with E-state index in [0.717, 1.165) is 27.8 Å². The van der Waals surface area contributed by atoms with Gasteiger partial charge in [0.2, 0.25) is 11.8 Å². The van der Waals surface area contributed by atoms with Crippen LogP contribution in [0.4, 0.5) is 9.59 Å². The summed E-state index contributed by atoms with van der Waals surface area (Å²) >= 11 is 0. The average molecular weight is 773 g/mol. The second kappa shape index (κ2) is 17.6. The van der Waals surface area contributed by atoms with Crippen LogP contribution in [0.3, 0.4) is 0 Å². The van der Waals surface area contributed by atoms with Crippen molar-refractivity contribution in [2.75, 3.05) is 13.2 Å². The molecule has 5 aromatic rings. The molecule has 0 radical (unpaired) electrons. The van der Waals surface area contributed by atoms with Crippen LogP contribution in [0.1, 0.15) is 62.8 Å². The summed E-state index contributed by atoms with van der Waals surface area (Å²) in [4.78, 5) is 67.4. The molecule has 3 amide bonds.